The van der Waals surface area contributed by atoms with Crippen LogP contribution in [0, 0.1) is 11.6 Å². The summed E-state index contributed by atoms with van der Waals surface area (Å²) in [7, 11) is 0. The molecule has 0 aliphatic rings. The monoisotopic (exact) mass is 355 g/mol. The highest BCUT2D eigenvalue weighted by Gasteiger charge is 2.14. The molecular formula is C16H16BrF2NO. The SMILES string of the molecule is CCC(NCc1cc(F)ccc1F)c1cc(Br)ccc1O. The molecule has 0 aliphatic heterocycles. The normalized spacial score (nSPS) is 12.4. The predicted octanol–water partition coefficient (Wildman–Crippen LogP) is 4.67. The Balaban J connectivity index is 2.16. The summed E-state index contributed by atoms with van der Waals surface area (Å²) >= 11 is 3.36. The van der Waals surface area contributed by atoms with Crippen molar-refractivity contribution in [1.29, 1.82) is 0 Å². The van der Waals surface area contributed by atoms with Gasteiger partial charge < -0.3 is 10.4 Å². The van der Waals surface area contributed by atoms with E-state index < -0.39 is 11.6 Å². The minimum Gasteiger partial charge on any atom is -0.508 e. The molecule has 2 rings (SSSR count). The Morgan fingerprint density at radius 1 is 1.19 bits per heavy atom. The molecule has 2 nitrogen and oxygen atoms in total. The summed E-state index contributed by atoms with van der Waals surface area (Å²) in [6, 6.07) is 8.41. The number of nitrogens with one attached hydrogen (secondary N) is 1. The lowest BCUT2D eigenvalue weighted by Crippen LogP contribution is -2.21. The van der Waals surface area contributed by atoms with Crippen molar-refractivity contribution in [2.24, 2.45) is 0 Å². The van der Waals surface area contributed by atoms with Crippen molar-refractivity contribution < 1.29 is 13.9 Å². The van der Waals surface area contributed by atoms with Crippen LogP contribution in [0.1, 0.15) is 30.5 Å². The smallest absolute Gasteiger partial charge is 0.127 e. The Bertz CT molecular complexity index is 634. The van der Waals surface area contributed by atoms with Crippen molar-refractivity contribution >= 4 is 15.9 Å². The largest absolute Gasteiger partial charge is 0.508 e. The van der Waals surface area contributed by atoms with E-state index in [1.807, 2.05) is 13.0 Å². The van der Waals surface area contributed by atoms with Crippen molar-refractivity contribution in [3.8, 4) is 5.75 Å². The summed E-state index contributed by atoms with van der Waals surface area (Å²) in [5.74, 6) is -0.735. The molecule has 0 saturated heterocycles. The first kappa shape index (κ1) is 15.9. The first-order chi connectivity index (χ1) is 10.0. The first-order valence-electron chi connectivity index (χ1n) is 6.67. The van der Waals surface area contributed by atoms with Crippen LogP contribution in [0.3, 0.4) is 0 Å². The Morgan fingerprint density at radius 2 is 1.95 bits per heavy atom. The summed E-state index contributed by atoms with van der Waals surface area (Å²) in [5, 5.41) is 13.1. The lowest BCUT2D eigenvalue weighted by molar-refractivity contribution is 0.438. The van der Waals surface area contributed by atoms with E-state index in [0.29, 0.717) is 6.42 Å². The molecule has 0 heterocycles. The molecule has 0 radical (unpaired) electrons. The molecule has 0 saturated carbocycles. The van der Waals surface area contributed by atoms with E-state index in [4.69, 9.17) is 0 Å². The van der Waals surface area contributed by atoms with Gasteiger partial charge in [-0.15, -0.1) is 0 Å². The number of phenolic OH excluding ortho intramolecular Hbond substituents is 1. The minimum absolute atomic E-state index is 0.148. The van der Waals surface area contributed by atoms with Crippen LogP contribution < -0.4 is 5.32 Å². The highest BCUT2D eigenvalue weighted by atomic mass is 79.9. The Morgan fingerprint density at radius 3 is 2.67 bits per heavy atom. The molecule has 0 spiro atoms. The van der Waals surface area contributed by atoms with Crippen molar-refractivity contribution in [3.05, 3.63) is 63.6 Å². The van der Waals surface area contributed by atoms with Crippen LogP contribution >= 0.6 is 15.9 Å². The van der Waals surface area contributed by atoms with Crippen LogP contribution in [0.15, 0.2) is 40.9 Å². The summed E-state index contributed by atoms with van der Waals surface area (Å²) in [6.45, 7) is 2.15. The highest BCUT2D eigenvalue weighted by Crippen LogP contribution is 2.29. The van der Waals surface area contributed by atoms with Crippen molar-refractivity contribution in [2.45, 2.75) is 25.9 Å². The molecule has 0 amide bonds. The van der Waals surface area contributed by atoms with Gasteiger partial charge in [0.15, 0.2) is 0 Å². The van der Waals surface area contributed by atoms with E-state index in [-0.39, 0.29) is 23.9 Å². The zero-order valence-electron chi connectivity index (χ0n) is 11.5. The molecule has 2 aromatic carbocycles. The van der Waals surface area contributed by atoms with E-state index in [1.165, 1.54) is 6.07 Å². The zero-order chi connectivity index (χ0) is 15.4. The van der Waals surface area contributed by atoms with Crippen molar-refractivity contribution in [3.63, 3.8) is 0 Å². The van der Waals surface area contributed by atoms with Crippen LogP contribution in [0.5, 0.6) is 5.75 Å². The molecule has 0 bridgehead atoms. The summed E-state index contributed by atoms with van der Waals surface area (Å²) < 4.78 is 27.6. The lowest BCUT2D eigenvalue weighted by atomic mass is 10.0. The van der Waals surface area contributed by atoms with E-state index >= 15 is 0 Å². The highest BCUT2D eigenvalue weighted by molar-refractivity contribution is 9.10. The summed E-state index contributed by atoms with van der Waals surface area (Å²) in [6.07, 6.45) is 0.709. The van der Waals surface area contributed by atoms with Gasteiger partial charge in [0.25, 0.3) is 0 Å². The van der Waals surface area contributed by atoms with Gasteiger partial charge in [-0.3, -0.25) is 0 Å². The number of hydrogen-bond acceptors (Lipinski definition) is 2. The molecule has 0 fully saturated rings. The van der Waals surface area contributed by atoms with Gasteiger partial charge in [-0.1, -0.05) is 22.9 Å². The van der Waals surface area contributed by atoms with Crippen molar-refractivity contribution in [1.82, 2.24) is 5.32 Å². The fraction of sp³-hybridized carbons (Fsp3) is 0.250. The van der Waals surface area contributed by atoms with E-state index in [0.717, 1.165) is 22.2 Å². The number of rotatable bonds is 5. The fourth-order valence-corrected chi connectivity index (χ4v) is 2.57. The number of halogens is 3. The van der Waals surface area contributed by atoms with Crippen LogP contribution in [-0.4, -0.2) is 5.11 Å². The predicted molar refractivity (Wildman–Crippen MR) is 82.0 cm³/mol. The number of aromatic hydroxyl groups is 1. The Hall–Kier alpha value is -1.46. The second-order valence-electron chi connectivity index (χ2n) is 4.78. The number of hydrogen-bond donors (Lipinski definition) is 2. The maximum Gasteiger partial charge on any atom is 0.127 e. The van der Waals surface area contributed by atoms with Gasteiger partial charge in [0.05, 0.1) is 0 Å². The third-order valence-corrected chi connectivity index (χ3v) is 3.81. The maximum absolute atomic E-state index is 13.6. The number of benzene rings is 2. The fourth-order valence-electron chi connectivity index (χ4n) is 2.19. The van der Waals surface area contributed by atoms with Gasteiger partial charge in [-0.25, -0.2) is 8.78 Å². The average molecular weight is 356 g/mol. The summed E-state index contributed by atoms with van der Waals surface area (Å²) in [4.78, 5) is 0. The number of phenols is 1. The van der Waals surface area contributed by atoms with Crippen LogP contribution in [-0.2, 0) is 6.54 Å². The third-order valence-electron chi connectivity index (χ3n) is 3.32. The molecule has 2 N–H and O–H groups in total. The maximum atomic E-state index is 13.6. The second-order valence-corrected chi connectivity index (χ2v) is 5.70. The molecule has 5 heteroatoms. The standard InChI is InChI=1S/C16H16BrF2NO/c1-2-15(13-8-11(17)3-6-16(13)21)20-9-10-7-12(18)4-5-14(10)19/h3-8,15,20-21H,2,9H2,1H3. The Labute approximate surface area is 130 Å². The third kappa shape index (κ3) is 4.02. The van der Waals surface area contributed by atoms with Gasteiger partial charge in [0.1, 0.15) is 17.4 Å². The molecule has 21 heavy (non-hydrogen) atoms. The lowest BCUT2D eigenvalue weighted by Gasteiger charge is -2.19. The van der Waals surface area contributed by atoms with E-state index in [1.54, 1.807) is 12.1 Å². The molecule has 0 aliphatic carbocycles. The van der Waals surface area contributed by atoms with E-state index in [9.17, 15) is 13.9 Å². The van der Waals surface area contributed by atoms with Crippen LogP contribution in [0.4, 0.5) is 8.78 Å². The van der Waals surface area contributed by atoms with Crippen LogP contribution in [0.2, 0.25) is 0 Å². The quantitative estimate of drug-likeness (QED) is 0.816. The molecule has 1 atom stereocenters. The molecule has 0 aromatic heterocycles. The van der Waals surface area contributed by atoms with Gasteiger partial charge in [-0.2, -0.15) is 0 Å². The second kappa shape index (κ2) is 7.00. The van der Waals surface area contributed by atoms with Gasteiger partial charge >= 0.3 is 0 Å². The molecule has 112 valence electrons. The van der Waals surface area contributed by atoms with E-state index in [2.05, 4.69) is 21.2 Å². The topological polar surface area (TPSA) is 32.3 Å². The molecule has 1 unspecified atom stereocenters. The average Bonchev–Trinajstić information content (AvgIpc) is 2.46. The first-order valence-corrected chi connectivity index (χ1v) is 7.46. The molecular weight excluding hydrogens is 340 g/mol. The van der Waals surface area contributed by atoms with Gasteiger partial charge in [-0.05, 0) is 42.8 Å². The summed E-state index contributed by atoms with van der Waals surface area (Å²) in [5.41, 5.74) is 0.992. The van der Waals surface area contributed by atoms with Crippen molar-refractivity contribution in [2.75, 3.05) is 0 Å². The van der Waals surface area contributed by atoms with Gasteiger partial charge in [0, 0.05) is 28.2 Å². The molecule has 2 aromatic rings. The Kier molecular flexibility index (Phi) is 5.31. The zero-order valence-corrected chi connectivity index (χ0v) is 13.1. The van der Waals surface area contributed by atoms with Gasteiger partial charge in [0.2, 0.25) is 0 Å². The van der Waals surface area contributed by atoms with Crippen LogP contribution in [0.25, 0.3) is 0 Å². The minimum atomic E-state index is -0.466.